The Morgan fingerprint density at radius 1 is 1.17 bits per heavy atom. The Labute approximate surface area is 75.9 Å². The molecule has 12 heavy (non-hydrogen) atoms. The number of rotatable bonds is 7. The van der Waals surface area contributed by atoms with Crippen molar-refractivity contribution < 1.29 is 9.84 Å². The topological polar surface area (TPSA) is 29.5 Å². The molecule has 1 N–H and O–H groups in total. The highest BCUT2D eigenvalue weighted by Crippen LogP contribution is 2.11. The third-order valence-corrected chi connectivity index (χ3v) is 2.03. The fourth-order valence-electron chi connectivity index (χ4n) is 1.12. The lowest BCUT2D eigenvalue weighted by Gasteiger charge is -2.19. The zero-order chi connectivity index (χ0) is 9.40. The van der Waals surface area contributed by atoms with Gasteiger partial charge >= 0.3 is 0 Å². The number of unbranched alkanes of at least 4 members (excludes halogenated alkanes) is 1. The van der Waals surface area contributed by atoms with Gasteiger partial charge in [0.15, 0.2) is 6.29 Å². The molecule has 74 valence electrons. The van der Waals surface area contributed by atoms with Crippen LogP contribution in [-0.4, -0.2) is 17.5 Å². The van der Waals surface area contributed by atoms with Crippen molar-refractivity contribution in [2.24, 2.45) is 0 Å². The lowest BCUT2D eigenvalue weighted by Crippen LogP contribution is -2.20. The molecule has 2 unspecified atom stereocenters. The van der Waals surface area contributed by atoms with Crippen molar-refractivity contribution in [3.05, 3.63) is 0 Å². The quantitative estimate of drug-likeness (QED) is 0.601. The maximum Gasteiger partial charge on any atom is 0.154 e. The van der Waals surface area contributed by atoms with Crippen molar-refractivity contribution in [1.29, 1.82) is 0 Å². The lowest BCUT2D eigenvalue weighted by molar-refractivity contribution is -0.139. The van der Waals surface area contributed by atoms with Gasteiger partial charge in [0.2, 0.25) is 0 Å². The smallest absolute Gasteiger partial charge is 0.154 e. The molecule has 0 radical (unpaired) electrons. The van der Waals surface area contributed by atoms with Gasteiger partial charge in [-0.2, -0.15) is 0 Å². The first kappa shape index (κ1) is 11.9. The van der Waals surface area contributed by atoms with E-state index in [1.54, 1.807) is 0 Å². The van der Waals surface area contributed by atoms with Gasteiger partial charge in [0.25, 0.3) is 0 Å². The normalized spacial score (nSPS) is 16.0. The third-order valence-electron chi connectivity index (χ3n) is 2.03. The van der Waals surface area contributed by atoms with Crippen LogP contribution in [0.2, 0.25) is 0 Å². The molecule has 2 atom stereocenters. The van der Waals surface area contributed by atoms with Crippen LogP contribution in [0.1, 0.15) is 52.9 Å². The monoisotopic (exact) mass is 174 g/mol. The van der Waals surface area contributed by atoms with Crippen molar-refractivity contribution in [2.45, 2.75) is 65.3 Å². The minimum Gasteiger partial charge on any atom is -0.368 e. The van der Waals surface area contributed by atoms with Crippen molar-refractivity contribution in [3.63, 3.8) is 0 Å². The van der Waals surface area contributed by atoms with Crippen LogP contribution in [0.25, 0.3) is 0 Å². The van der Waals surface area contributed by atoms with E-state index in [2.05, 4.69) is 13.8 Å². The molecule has 0 aromatic carbocycles. The standard InChI is InChI=1S/C10H22O2/c1-4-7-8-9(5-2)12-10(11)6-3/h9-11H,4-8H2,1-3H3. The molecule has 0 saturated carbocycles. The number of hydrogen-bond donors (Lipinski definition) is 1. The van der Waals surface area contributed by atoms with Crippen molar-refractivity contribution in [1.82, 2.24) is 0 Å². The predicted molar refractivity (Wildman–Crippen MR) is 51.0 cm³/mol. The van der Waals surface area contributed by atoms with Gasteiger partial charge in [0.05, 0.1) is 6.10 Å². The van der Waals surface area contributed by atoms with E-state index in [4.69, 9.17) is 4.74 Å². The first-order valence-corrected chi connectivity index (χ1v) is 5.08. The van der Waals surface area contributed by atoms with Gasteiger partial charge in [-0.1, -0.05) is 33.6 Å². The first-order chi connectivity index (χ1) is 5.74. The van der Waals surface area contributed by atoms with Crippen molar-refractivity contribution in [2.75, 3.05) is 0 Å². The second-order valence-corrected chi connectivity index (χ2v) is 3.17. The van der Waals surface area contributed by atoms with Gasteiger partial charge in [-0.15, -0.1) is 0 Å². The van der Waals surface area contributed by atoms with E-state index in [-0.39, 0.29) is 6.10 Å². The maximum absolute atomic E-state index is 9.24. The number of ether oxygens (including phenoxy) is 1. The first-order valence-electron chi connectivity index (χ1n) is 5.08. The second kappa shape index (κ2) is 7.56. The molecule has 0 rings (SSSR count). The summed E-state index contributed by atoms with van der Waals surface area (Å²) in [4.78, 5) is 0. The van der Waals surface area contributed by atoms with E-state index in [1.807, 2.05) is 6.92 Å². The molecular weight excluding hydrogens is 152 g/mol. The zero-order valence-corrected chi connectivity index (χ0v) is 8.55. The van der Waals surface area contributed by atoms with E-state index in [1.165, 1.54) is 12.8 Å². The summed E-state index contributed by atoms with van der Waals surface area (Å²) in [6, 6.07) is 0. The summed E-state index contributed by atoms with van der Waals surface area (Å²) in [7, 11) is 0. The molecule has 0 saturated heterocycles. The molecule has 0 aromatic rings. The summed E-state index contributed by atoms with van der Waals surface area (Å²) in [6.45, 7) is 6.20. The largest absolute Gasteiger partial charge is 0.368 e. The molecule has 0 aliphatic rings. The van der Waals surface area contributed by atoms with Crippen LogP contribution in [-0.2, 0) is 4.74 Å². The second-order valence-electron chi connectivity index (χ2n) is 3.17. The van der Waals surface area contributed by atoms with E-state index >= 15 is 0 Å². The summed E-state index contributed by atoms with van der Waals surface area (Å²) in [5.74, 6) is 0. The maximum atomic E-state index is 9.24. The molecule has 0 spiro atoms. The Balaban J connectivity index is 3.51. The van der Waals surface area contributed by atoms with Crippen LogP contribution < -0.4 is 0 Å². The predicted octanol–water partition coefficient (Wildman–Crippen LogP) is 2.70. The van der Waals surface area contributed by atoms with E-state index in [0.29, 0.717) is 6.42 Å². The van der Waals surface area contributed by atoms with Gasteiger partial charge in [-0.3, -0.25) is 0 Å². The number of aliphatic hydroxyl groups excluding tert-OH is 1. The summed E-state index contributed by atoms with van der Waals surface area (Å²) < 4.78 is 5.41. The summed E-state index contributed by atoms with van der Waals surface area (Å²) in [5, 5.41) is 9.24. The molecule has 2 heteroatoms. The van der Waals surface area contributed by atoms with E-state index < -0.39 is 6.29 Å². The van der Waals surface area contributed by atoms with Gasteiger partial charge < -0.3 is 9.84 Å². The van der Waals surface area contributed by atoms with Crippen LogP contribution in [0, 0.1) is 0 Å². The van der Waals surface area contributed by atoms with E-state index in [9.17, 15) is 5.11 Å². The molecule has 0 aliphatic carbocycles. The van der Waals surface area contributed by atoms with Gasteiger partial charge in [-0.25, -0.2) is 0 Å². The molecule has 0 bridgehead atoms. The van der Waals surface area contributed by atoms with Crippen LogP contribution in [0.3, 0.4) is 0 Å². The number of aliphatic hydroxyl groups is 1. The highest BCUT2D eigenvalue weighted by Gasteiger charge is 2.10. The minimum atomic E-state index is -0.563. The third kappa shape index (κ3) is 5.56. The van der Waals surface area contributed by atoms with Crippen LogP contribution >= 0.6 is 0 Å². The van der Waals surface area contributed by atoms with Crippen LogP contribution in [0.15, 0.2) is 0 Å². The number of hydrogen-bond acceptors (Lipinski definition) is 2. The van der Waals surface area contributed by atoms with Crippen molar-refractivity contribution in [3.8, 4) is 0 Å². The Kier molecular flexibility index (Phi) is 7.51. The zero-order valence-electron chi connectivity index (χ0n) is 8.55. The van der Waals surface area contributed by atoms with Crippen LogP contribution in [0.5, 0.6) is 0 Å². The fourth-order valence-corrected chi connectivity index (χ4v) is 1.12. The van der Waals surface area contributed by atoms with Gasteiger partial charge in [0, 0.05) is 0 Å². The average Bonchev–Trinajstić information content (AvgIpc) is 2.11. The van der Waals surface area contributed by atoms with Crippen molar-refractivity contribution >= 4 is 0 Å². The van der Waals surface area contributed by atoms with Crippen LogP contribution in [0.4, 0.5) is 0 Å². The highest BCUT2D eigenvalue weighted by molar-refractivity contribution is 4.55. The molecule has 0 fully saturated rings. The summed E-state index contributed by atoms with van der Waals surface area (Å²) >= 11 is 0. The molecule has 0 aromatic heterocycles. The Morgan fingerprint density at radius 2 is 1.83 bits per heavy atom. The Bertz CT molecular complexity index is 93.8. The average molecular weight is 174 g/mol. The van der Waals surface area contributed by atoms with Gasteiger partial charge in [0.1, 0.15) is 0 Å². The molecule has 0 aliphatic heterocycles. The molecular formula is C10H22O2. The summed E-state index contributed by atoms with van der Waals surface area (Å²) in [6.07, 6.45) is 4.83. The molecule has 0 heterocycles. The highest BCUT2D eigenvalue weighted by atomic mass is 16.6. The lowest BCUT2D eigenvalue weighted by atomic mass is 10.1. The Morgan fingerprint density at radius 3 is 2.25 bits per heavy atom. The molecule has 2 nitrogen and oxygen atoms in total. The molecule has 0 amide bonds. The van der Waals surface area contributed by atoms with E-state index in [0.717, 1.165) is 12.8 Å². The Hall–Kier alpha value is -0.0800. The van der Waals surface area contributed by atoms with Gasteiger partial charge in [-0.05, 0) is 19.3 Å². The SMILES string of the molecule is CCCCC(CC)OC(O)CC. The fraction of sp³-hybridized carbons (Fsp3) is 1.00. The minimum absolute atomic E-state index is 0.250. The summed E-state index contributed by atoms with van der Waals surface area (Å²) in [5.41, 5.74) is 0.